The number of nitrogens with zero attached hydrogens (tertiary/aromatic N) is 4. The average molecular weight is 393 g/mol. The average Bonchev–Trinajstić information content (AvgIpc) is 3.27. The van der Waals surface area contributed by atoms with Crippen molar-refractivity contribution < 1.29 is 15.0 Å². The number of aliphatic hydroxyl groups is 1. The van der Waals surface area contributed by atoms with Crippen LogP contribution in [0.3, 0.4) is 0 Å². The topological polar surface area (TPSA) is 91.5 Å². The molecule has 2 aromatic heterocycles. The molecular formula is C17H14Cl2N4O3. The Morgan fingerprint density at radius 3 is 2.81 bits per heavy atom. The number of benzene rings is 1. The van der Waals surface area contributed by atoms with Gasteiger partial charge >= 0.3 is 5.97 Å². The van der Waals surface area contributed by atoms with E-state index in [1.54, 1.807) is 40.3 Å². The molecule has 2 unspecified atom stereocenters. The van der Waals surface area contributed by atoms with E-state index in [2.05, 4.69) is 9.97 Å². The van der Waals surface area contributed by atoms with Gasteiger partial charge in [0.05, 0.1) is 33.7 Å². The van der Waals surface area contributed by atoms with Gasteiger partial charge in [0.15, 0.2) is 6.04 Å². The molecule has 0 amide bonds. The summed E-state index contributed by atoms with van der Waals surface area (Å²) in [6, 6.07) is 4.20. The quantitative estimate of drug-likeness (QED) is 0.711. The number of aromatic nitrogens is 3. The summed E-state index contributed by atoms with van der Waals surface area (Å²) < 4.78 is 1.79. The number of carboxylic acids is 1. The molecule has 26 heavy (non-hydrogen) atoms. The molecule has 1 saturated heterocycles. The zero-order valence-corrected chi connectivity index (χ0v) is 14.9. The van der Waals surface area contributed by atoms with Gasteiger partial charge in [0.2, 0.25) is 0 Å². The van der Waals surface area contributed by atoms with Gasteiger partial charge < -0.3 is 19.7 Å². The van der Waals surface area contributed by atoms with Gasteiger partial charge in [-0.05, 0) is 18.6 Å². The third kappa shape index (κ3) is 2.68. The molecule has 0 aliphatic carbocycles. The van der Waals surface area contributed by atoms with Gasteiger partial charge in [0.1, 0.15) is 5.82 Å². The Kier molecular flexibility index (Phi) is 4.22. The number of carboxylic acid groups (broad SMARTS) is 1. The molecule has 0 saturated carbocycles. The molecule has 0 spiro atoms. The van der Waals surface area contributed by atoms with Crippen molar-refractivity contribution in [1.29, 1.82) is 0 Å². The summed E-state index contributed by atoms with van der Waals surface area (Å²) in [5.74, 6) is -0.687. The van der Waals surface area contributed by atoms with Crippen LogP contribution in [0.1, 0.15) is 6.42 Å². The van der Waals surface area contributed by atoms with E-state index in [1.165, 1.54) is 0 Å². The maximum absolute atomic E-state index is 11.6. The molecular weight excluding hydrogens is 379 g/mol. The molecule has 1 aliphatic heterocycles. The molecule has 0 bridgehead atoms. The molecule has 1 fully saturated rings. The Morgan fingerprint density at radius 2 is 2.12 bits per heavy atom. The zero-order valence-electron chi connectivity index (χ0n) is 13.4. The Labute approximate surface area is 158 Å². The number of hydrogen-bond acceptors (Lipinski definition) is 5. The zero-order chi connectivity index (χ0) is 18.4. The highest BCUT2D eigenvalue weighted by atomic mass is 35.5. The second-order valence-corrected chi connectivity index (χ2v) is 6.84. The smallest absolute Gasteiger partial charge is 0.329 e. The molecule has 1 aromatic carbocycles. The van der Waals surface area contributed by atoms with E-state index in [1.807, 2.05) is 6.07 Å². The molecule has 0 radical (unpaired) electrons. The lowest BCUT2D eigenvalue weighted by atomic mass is 10.1. The standard InChI is InChI=1S/C17H14Cl2N4O3/c18-10-2-1-9-11(22-6-4-20-8-22)7-13(21-15(9)14(10)19)23-5-3-12(24)16(23)17(25)26/h1-2,4,6-8,12,16,24H,3,5H2,(H,25,26). The Morgan fingerprint density at radius 1 is 1.31 bits per heavy atom. The van der Waals surface area contributed by atoms with E-state index >= 15 is 0 Å². The fourth-order valence-electron chi connectivity index (χ4n) is 3.30. The summed E-state index contributed by atoms with van der Waals surface area (Å²) in [4.78, 5) is 21.8. The minimum atomic E-state index is -1.10. The normalized spacial score (nSPS) is 20.0. The number of aliphatic carboxylic acids is 1. The van der Waals surface area contributed by atoms with Gasteiger partial charge in [-0.3, -0.25) is 0 Å². The number of imidazole rings is 1. The Balaban J connectivity index is 1.96. The SMILES string of the molecule is O=C(O)C1C(O)CCN1c1cc(-n2ccnc2)c2ccc(Cl)c(Cl)c2n1. The lowest BCUT2D eigenvalue weighted by Crippen LogP contribution is -2.42. The van der Waals surface area contributed by atoms with Crippen LogP contribution in [0.25, 0.3) is 16.6 Å². The summed E-state index contributed by atoms with van der Waals surface area (Å²) in [6.45, 7) is 0.373. The van der Waals surface area contributed by atoms with Gasteiger partial charge in [0.25, 0.3) is 0 Å². The van der Waals surface area contributed by atoms with Crippen LogP contribution in [0, 0.1) is 0 Å². The van der Waals surface area contributed by atoms with Crippen LogP contribution < -0.4 is 4.90 Å². The minimum absolute atomic E-state index is 0.291. The fraction of sp³-hybridized carbons (Fsp3) is 0.235. The highest BCUT2D eigenvalue weighted by molar-refractivity contribution is 6.45. The van der Waals surface area contributed by atoms with Crippen molar-refractivity contribution in [1.82, 2.24) is 14.5 Å². The van der Waals surface area contributed by atoms with E-state index < -0.39 is 18.1 Å². The van der Waals surface area contributed by atoms with Crippen LogP contribution in [0.2, 0.25) is 10.0 Å². The largest absolute Gasteiger partial charge is 0.480 e. The highest BCUT2D eigenvalue weighted by Gasteiger charge is 2.39. The predicted molar refractivity (Wildman–Crippen MR) is 98.3 cm³/mol. The van der Waals surface area contributed by atoms with Crippen LogP contribution in [0.15, 0.2) is 36.9 Å². The third-order valence-electron chi connectivity index (χ3n) is 4.53. The van der Waals surface area contributed by atoms with Gasteiger partial charge in [0, 0.05) is 30.4 Å². The van der Waals surface area contributed by atoms with Crippen LogP contribution in [-0.4, -0.2) is 49.4 Å². The number of halogens is 2. The number of rotatable bonds is 3. The molecule has 2 N–H and O–H groups in total. The lowest BCUT2D eigenvalue weighted by Gasteiger charge is -2.25. The molecule has 4 rings (SSSR count). The molecule has 3 aromatic rings. The number of fused-ring (bicyclic) bond motifs is 1. The second kappa shape index (κ2) is 6.42. The summed E-state index contributed by atoms with van der Waals surface area (Å²) in [7, 11) is 0. The summed E-state index contributed by atoms with van der Waals surface area (Å²) in [6.07, 6.45) is 4.43. The Hall–Kier alpha value is -2.35. The summed E-state index contributed by atoms with van der Waals surface area (Å²) in [5, 5.41) is 20.9. The summed E-state index contributed by atoms with van der Waals surface area (Å²) >= 11 is 12.5. The number of anilines is 1. The molecule has 2 atom stereocenters. The molecule has 1 aliphatic rings. The van der Waals surface area contributed by atoms with E-state index in [0.717, 1.165) is 11.1 Å². The van der Waals surface area contributed by atoms with Crippen LogP contribution in [-0.2, 0) is 4.79 Å². The van der Waals surface area contributed by atoms with E-state index in [0.29, 0.717) is 34.3 Å². The summed E-state index contributed by atoms with van der Waals surface area (Å²) in [5.41, 5.74) is 1.21. The molecule has 134 valence electrons. The fourth-order valence-corrected chi connectivity index (χ4v) is 3.66. The van der Waals surface area contributed by atoms with Crippen molar-refractivity contribution in [3.63, 3.8) is 0 Å². The molecule has 7 nitrogen and oxygen atoms in total. The highest BCUT2D eigenvalue weighted by Crippen LogP contribution is 2.36. The third-order valence-corrected chi connectivity index (χ3v) is 5.33. The molecule has 9 heteroatoms. The van der Waals surface area contributed by atoms with Gasteiger partial charge in [-0.1, -0.05) is 23.2 Å². The predicted octanol–water partition coefficient (Wildman–Crippen LogP) is 2.75. The lowest BCUT2D eigenvalue weighted by molar-refractivity contribution is -0.140. The number of aliphatic hydroxyl groups excluding tert-OH is 1. The van der Waals surface area contributed by atoms with E-state index in [-0.39, 0.29) is 0 Å². The van der Waals surface area contributed by atoms with E-state index in [4.69, 9.17) is 23.2 Å². The van der Waals surface area contributed by atoms with Crippen LogP contribution in [0.4, 0.5) is 5.82 Å². The minimum Gasteiger partial charge on any atom is -0.480 e. The van der Waals surface area contributed by atoms with Gasteiger partial charge in [-0.15, -0.1) is 0 Å². The maximum Gasteiger partial charge on any atom is 0.329 e. The van der Waals surface area contributed by atoms with Crippen molar-refractivity contribution >= 4 is 45.9 Å². The number of pyridine rings is 1. The van der Waals surface area contributed by atoms with Crippen molar-refractivity contribution in [2.24, 2.45) is 0 Å². The van der Waals surface area contributed by atoms with Crippen LogP contribution in [0.5, 0.6) is 0 Å². The first-order valence-electron chi connectivity index (χ1n) is 7.92. The number of hydrogen-bond donors (Lipinski definition) is 2. The monoisotopic (exact) mass is 392 g/mol. The van der Waals surface area contributed by atoms with Gasteiger partial charge in [-0.25, -0.2) is 14.8 Å². The first-order valence-corrected chi connectivity index (χ1v) is 8.67. The Bertz CT molecular complexity index is 993. The van der Waals surface area contributed by atoms with Crippen LogP contribution >= 0.6 is 23.2 Å². The maximum atomic E-state index is 11.6. The first kappa shape index (κ1) is 17.1. The van der Waals surface area contributed by atoms with E-state index in [9.17, 15) is 15.0 Å². The number of carbonyl (C=O) groups is 1. The van der Waals surface area contributed by atoms with Crippen molar-refractivity contribution in [2.45, 2.75) is 18.6 Å². The van der Waals surface area contributed by atoms with Crippen molar-refractivity contribution in [3.8, 4) is 5.69 Å². The van der Waals surface area contributed by atoms with Crippen molar-refractivity contribution in [2.75, 3.05) is 11.4 Å². The van der Waals surface area contributed by atoms with Gasteiger partial charge in [-0.2, -0.15) is 0 Å². The second-order valence-electron chi connectivity index (χ2n) is 6.06. The molecule has 3 heterocycles. The first-order chi connectivity index (χ1) is 12.5. The van der Waals surface area contributed by atoms with Crippen molar-refractivity contribution in [3.05, 3.63) is 47.0 Å².